The Balaban J connectivity index is 1.26. The Kier molecular flexibility index (Phi) is 9.32. The Labute approximate surface area is 295 Å². The molecule has 1 saturated carbocycles. The van der Waals surface area contributed by atoms with E-state index < -0.39 is 9.84 Å². The third-order valence-corrected chi connectivity index (χ3v) is 13.6. The van der Waals surface area contributed by atoms with Crippen molar-refractivity contribution in [3.63, 3.8) is 0 Å². The highest BCUT2D eigenvalue weighted by Gasteiger charge is 2.45. The first kappa shape index (κ1) is 35.3. The largest absolute Gasteiger partial charge is 0.488 e. The molecule has 0 aliphatic heterocycles. The summed E-state index contributed by atoms with van der Waals surface area (Å²) in [7, 11) is -3.69. The van der Waals surface area contributed by atoms with E-state index in [0.717, 1.165) is 62.0 Å². The zero-order chi connectivity index (χ0) is 35.2. The molecule has 0 spiro atoms. The molecular weight excluding hydrogens is 625 g/mol. The van der Waals surface area contributed by atoms with Gasteiger partial charge in [-0.25, -0.2) is 8.42 Å². The molecule has 3 atom stereocenters. The standard InChI is InChI=1S/C44H54O4S/c1-9-42(7)29-32-26-37(20-25-40(32)42)47-35-16-12-33(13-17-35)44(28-31(4)27-41(5,6)30-44)34-14-21-38(22-15-34)49(45,46)39-23-18-36(19-24-39)48-43(8,10-2)11-3/h12-26,31H,9-11,27-30H2,1-8H3. The minimum absolute atomic E-state index is 0.131. The Hall–Kier alpha value is -3.57. The topological polar surface area (TPSA) is 52.6 Å². The van der Waals surface area contributed by atoms with E-state index in [4.69, 9.17) is 9.47 Å². The Bertz CT molecular complexity index is 1890. The van der Waals surface area contributed by atoms with Crippen molar-refractivity contribution in [3.8, 4) is 17.2 Å². The van der Waals surface area contributed by atoms with Gasteiger partial charge in [-0.3, -0.25) is 0 Å². The second-order valence-electron chi connectivity index (χ2n) is 16.2. The SMILES string of the molecule is CCC(C)(CC)Oc1ccc(S(=O)(=O)c2ccc(C3(c4ccc(Oc5ccc6c(c5)CC6(C)CC)cc4)CC(C)CC(C)(C)C3)cc2)cc1. The highest BCUT2D eigenvalue weighted by Crippen LogP contribution is 2.54. The van der Waals surface area contributed by atoms with Crippen LogP contribution in [0.5, 0.6) is 17.2 Å². The highest BCUT2D eigenvalue weighted by molar-refractivity contribution is 7.91. The number of rotatable bonds is 11. The van der Waals surface area contributed by atoms with Crippen LogP contribution in [-0.4, -0.2) is 14.0 Å². The molecule has 0 radical (unpaired) electrons. The molecule has 4 nitrogen and oxygen atoms in total. The summed E-state index contributed by atoms with van der Waals surface area (Å²) < 4.78 is 40.1. The molecule has 4 aromatic rings. The maximum absolute atomic E-state index is 13.8. The van der Waals surface area contributed by atoms with Crippen LogP contribution in [-0.2, 0) is 27.1 Å². The first-order chi connectivity index (χ1) is 23.1. The molecule has 2 aliphatic carbocycles. The zero-order valence-electron chi connectivity index (χ0n) is 30.7. The number of ether oxygens (including phenoxy) is 2. The zero-order valence-corrected chi connectivity index (χ0v) is 31.5. The smallest absolute Gasteiger partial charge is 0.206 e. The van der Waals surface area contributed by atoms with E-state index in [9.17, 15) is 8.42 Å². The monoisotopic (exact) mass is 678 g/mol. The normalized spacial score (nSPS) is 23.3. The van der Waals surface area contributed by atoms with Crippen molar-refractivity contribution < 1.29 is 17.9 Å². The minimum Gasteiger partial charge on any atom is -0.488 e. The van der Waals surface area contributed by atoms with Crippen molar-refractivity contribution in [1.82, 2.24) is 0 Å². The van der Waals surface area contributed by atoms with E-state index in [1.807, 2.05) is 12.1 Å². The molecule has 0 bridgehead atoms. The summed E-state index contributed by atoms with van der Waals surface area (Å²) >= 11 is 0. The van der Waals surface area contributed by atoms with E-state index in [2.05, 4.69) is 97.9 Å². The Morgan fingerprint density at radius 3 is 1.80 bits per heavy atom. The van der Waals surface area contributed by atoms with Gasteiger partial charge in [-0.2, -0.15) is 0 Å². The van der Waals surface area contributed by atoms with E-state index in [1.54, 1.807) is 36.4 Å². The number of hydrogen-bond acceptors (Lipinski definition) is 4. The van der Waals surface area contributed by atoms with Crippen LogP contribution in [0.2, 0.25) is 0 Å². The maximum atomic E-state index is 13.8. The van der Waals surface area contributed by atoms with Crippen LogP contribution in [0.1, 0.15) is 116 Å². The van der Waals surface area contributed by atoms with Gasteiger partial charge in [-0.1, -0.05) is 78.8 Å². The average molecular weight is 679 g/mol. The minimum atomic E-state index is -3.69. The average Bonchev–Trinajstić information content (AvgIpc) is 3.07. The van der Waals surface area contributed by atoms with Gasteiger partial charge in [0.2, 0.25) is 9.84 Å². The van der Waals surface area contributed by atoms with Crippen molar-refractivity contribution in [2.75, 3.05) is 0 Å². The predicted octanol–water partition coefficient (Wildman–Crippen LogP) is 11.6. The molecule has 0 heterocycles. The maximum Gasteiger partial charge on any atom is 0.206 e. The summed E-state index contributed by atoms with van der Waals surface area (Å²) in [5, 5.41) is 0. The lowest BCUT2D eigenvalue weighted by molar-refractivity contribution is 0.0802. The van der Waals surface area contributed by atoms with Crippen molar-refractivity contribution in [3.05, 3.63) is 113 Å². The third-order valence-electron chi connectivity index (χ3n) is 11.8. The summed E-state index contributed by atoms with van der Waals surface area (Å²) in [5.41, 5.74) is 5.14. The molecule has 1 fully saturated rings. The fraction of sp³-hybridized carbons (Fsp3) is 0.455. The second-order valence-corrected chi connectivity index (χ2v) is 18.2. The Morgan fingerprint density at radius 1 is 0.735 bits per heavy atom. The van der Waals surface area contributed by atoms with Gasteiger partial charge in [0.15, 0.2) is 0 Å². The lowest BCUT2D eigenvalue weighted by atomic mass is 9.55. The van der Waals surface area contributed by atoms with Gasteiger partial charge < -0.3 is 9.47 Å². The van der Waals surface area contributed by atoms with Gasteiger partial charge in [-0.05, 0) is 152 Å². The molecule has 4 aromatic carbocycles. The predicted molar refractivity (Wildman–Crippen MR) is 200 cm³/mol. The van der Waals surface area contributed by atoms with Crippen molar-refractivity contribution in [2.45, 2.75) is 127 Å². The number of sulfone groups is 1. The molecule has 0 N–H and O–H groups in total. The fourth-order valence-corrected chi connectivity index (χ4v) is 9.97. The van der Waals surface area contributed by atoms with Gasteiger partial charge in [-0.15, -0.1) is 0 Å². The number of hydrogen-bond donors (Lipinski definition) is 0. The number of benzene rings is 4. The van der Waals surface area contributed by atoms with Crippen LogP contribution in [0.4, 0.5) is 0 Å². The van der Waals surface area contributed by atoms with Crippen LogP contribution in [0.25, 0.3) is 0 Å². The van der Waals surface area contributed by atoms with Gasteiger partial charge in [0.1, 0.15) is 22.8 Å². The first-order valence-electron chi connectivity index (χ1n) is 18.2. The Morgan fingerprint density at radius 2 is 1.27 bits per heavy atom. The molecule has 5 heteroatoms. The van der Waals surface area contributed by atoms with Crippen molar-refractivity contribution >= 4 is 9.84 Å². The highest BCUT2D eigenvalue weighted by atomic mass is 32.2. The molecule has 0 saturated heterocycles. The van der Waals surface area contributed by atoms with Gasteiger partial charge in [0, 0.05) is 5.41 Å². The molecular formula is C44H54O4S. The van der Waals surface area contributed by atoms with Gasteiger partial charge in [0.25, 0.3) is 0 Å². The summed E-state index contributed by atoms with van der Waals surface area (Å²) in [6, 6.07) is 29.7. The molecule has 6 rings (SSSR count). The molecule has 2 aliphatic rings. The van der Waals surface area contributed by atoms with Crippen molar-refractivity contribution in [1.29, 1.82) is 0 Å². The van der Waals surface area contributed by atoms with Crippen LogP contribution >= 0.6 is 0 Å². The van der Waals surface area contributed by atoms with Crippen LogP contribution < -0.4 is 9.47 Å². The van der Waals surface area contributed by atoms with Crippen molar-refractivity contribution in [2.24, 2.45) is 11.3 Å². The molecule has 260 valence electrons. The summed E-state index contributed by atoms with van der Waals surface area (Å²) in [4.78, 5) is 0.573. The third kappa shape index (κ3) is 6.80. The lowest BCUT2D eigenvalue weighted by Crippen LogP contribution is -2.41. The van der Waals surface area contributed by atoms with Crippen LogP contribution in [0, 0.1) is 11.3 Å². The summed E-state index contributed by atoms with van der Waals surface area (Å²) in [6.45, 7) is 18.0. The molecule has 0 amide bonds. The second kappa shape index (κ2) is 13.0. The molecule has 0 aromatic heterocycles. The summed E-state index contributed by atoms with van der Waals surface area (Å²) in [6.07, 6.45) is 7.14. The van der Waals surface area contributed by atoms with Crippen LogP contribution in [0.15, 0.2) is 101 Å². The van der Waals surface area contributed by atoms with E-state index in [-0.39, 0.29) is 21.3 Å². The summed E-state index contributed by atoms with van der Waals surface area (Å²) in [5.74, 6) is 2.91. The first-order valence-corrected chi connectivity index (χ1v) is 19.7. The van der Waals surface area contributed by atoms with E-state index in [0.29, 0.717) is 22.0 Å². The molecule has 3 unspecified atom stereocenters. The lowest BCUT2D eigenvalue weighted by Gasteiger charge is -2.48. The quantitative estimate of drug-likeness (QED) is 0.158. The van der Waals surface area contributed by atoms with E-state index >= 15 is 0 Å². The van der Waals surface area contributed by atoms with Crippen LogP contribution in [0.3, 0.4) is 0 Å². The van der Waals surface area contributed by atoms with E-state index in [1.165, 1.54) is 16.7 Å². The van der Waals surface area contributed by atoms with Gasteiger partial charge in [0.05, 0.1) is 9.79 Å². The van der Waals surface area contributed by atoms with Gasteiger partial charge >= 0.3 is 0 Å². The fourth-order valence-electron chi connectivity index (χ4n) is 8.70. The number of fused-ring (bicyclic) bond motifs is 1. The molecule has 49 heavy (non-hydrogen) atoms.